The molecule has 3 N–H and O–H groups in total. The maximum atomic E-state index is 12.4. The van der Waals surface area contributed by atoms with Crippen molar-refractivity contribution in [2.45, 2.75) is 19.9 Å². The van der Waals surface area contributed by atoms with E-state index in [0.717, 1.165) is 5.56 Å². The number of amidine groups is 1. The fourth-order valence-corrected chi connectivity index (χ4v) is 2.44. The second-order valence-corrected chi connectivity index (χ2v) is 5.28. The predicted octanol–water partition coefficient (Wildman–Crippen LogP) is 0.283. The van der Waals surface area contributed by atoms with E-state index in [1.165, 1.54) is 0 Å². The molecule has 1 amide bonds. The standard InChI is InChI=1S/C14H21N5O2/c1-10-7-12(9-16-8-10)14(20)19-5-3-18(4-6-19)11(2)13(15)17-21/h7-9,11,21H,3-6H2,1-2H3,(H2,15,17). The van der Waals surface area contributed by atoms with E-state index in [-0.39, 0.29) is 17.8 Å². The molecule has 21 heavy (non-hydrogen) atoms. The fraction of sp³-hybridized carbons (Fsp3) is 0.500. The molecule has 1 aromatic heterocycles. The van der Waals surface area contributed by atoms with E-state index in [1.54, 1.807) is 12.4 Å². The number of oxime groups is 1. The summed E-state index contributed by atoms with van der Waals surface area (Å²) in [7, 11) is 0. The molecule has 2 rings (SSSR count). The highest BCUT2D eigenvalue weighted by atomic mass is 16.4. The van der Waals surface area contributed by atoms with Crippen molar-refractivity contribution >= 4 is 11.7 Å². The van der Waals surface area contributed by atoms with Crippen LogP contribution in [0.15, 0.2) is 23.6 Å². The number of hydrogen-bond acceptors (Lipinski definition) is 5. The zero-order valence-electron chi connectivity index (χ0n) is 12.4. The Bertz CT molecular complexity index is 538. The van der Waals surface area contributed by atoms with Crippen molar-refractivity contribution < 1.29 is 10.0 Å². The minimum absolute atomic E-state index is 0.00213. The molecule has 114 valence electrons. The summed E-state index contributed by atoms with van der Waals surface area (Å²) in [5.74, 6) is 0.194. The third-order valence-corrected chi connectivity index (χ3v) is 3.81. The van der Waals surface area contributed by atoms with Crippen LogP contribution in [-0.4, -0.2) is 64.0 Å². The van der Waals surface area contributed by atoms with Crippen molar-refractivity contribution in [1.82, 2.24) is 14.8 Å². The molecule has 1 unspecified atom stereocenters. The first-order valence-electron chi connectivity index (χ1n) is 6.95. The molecule has 0 radical (unpaired) electrons. The normalized spacial score (nSPS) is 18.6. The van der Waals surface area contributed by atoms with Gasteiger partial charge in [-0.15, -0.1) is 0 Å². The second-order valence-electron chi connectivity index (χ2n) is 5.28. The van der Waals surface area contributed by atoms with Crippen LogP contribution in [0.5, 0.6) is 0 Å². The Kier molecular flexibility index (Phi) is 4.74. The van der Waals surface area contributed by atoms with Crippen LogP contribution in [0.4, 0.5) is 0 Å². The SMILES string of the molecule is Cc1cncc(C(=O)N2CCN(C(C)C(N)=NO)CC2)c1. The average molecular weight is 291 g/mol. The van der Waals surface area contributed by atoms with E-state index in [4.69, 9.17) is 10.9 Å². The van der Waals surface area contributed by atoms with Crippen LogP contribution in [0, 0.1) is 6.92 Å². The molecule has 1 aliphatic heterocycles. The molecule has 1 aromatic rings. The van der Waals surface area contributed by atoms with Gasteiger partial charge in [0.2, 0.25) is 0 Å². The summed E-state index contributed by atoms with van der Waals surface area (Å²) in [6.45, 7) is 6.44. The fourth-order valence-electron chi connectivity index (χ4n) is 2.44. The first-order chi connectivity index (χ1) is 10.0. The van der Waals surface area contributed by atoms with Gasteiger partial charge in [-0.25, -0.2) is 0 Å². The Morgan fingerprint density at radius 1 is 1.38 bits per heavy atom. The molecule has 0 saturated carbocycles. The highest BCUT2D eigenvalue weighted by Gasteiger charge is 2.26. The Balaban J connectivity index is 1.96. The van der Waals surface area contributed by atoms with Gasteiger partial charge >= 0.3 is 0 Å². The molecule has 0 aliphatic carbocycles. The van der Waals surface area contributed by atoms with Gasteiger partial charge in [0.25, 0.3) is 5.91 Å². The summed E-state index contributed by atoms with van der Waals surface area (Å²) in [5.41, 5.74) is 7.21. The number of nitrogens with zero attached hydrogens (tertiary/aromatic N) is 4. The number of rotatable bonds is 3. The Hall–Kier alpha value is -2.15. The summed E-state index contributed by atoms with van der Waals surface area (Å²) in [4.78, 5) is 20.4. The van der Waals surface area contributed by atoms with Gasteiger partial charge in [-0.05, 0) is 25.5 Å². The number of carbonyl (C=O) groups is 1. The lowest BCUT2D eigenvalue weighted by Crippen LogP contribution is -2.54. The van der Waals surface area contributed by atoms with Crippen LogP contribution in [-0.2, 0) is 0 Å². The summed E-state index contributed by atoms with van der Waals surface area (Å²) in [6.07, 6.45) is 3.33. The third-order valence-electron chi connectivity index (χ3n) is 3.81. The van der Waals surface area contributed by atoms with Crippen molar-refractivity contribution in [3.05, 3.63) is 29.6 Å². The number of nitrogens with two attached hydrogens (primary N) is 1. The monoisotopic (exact) mass is 291 g/mol. The molecular formula is C14H21N5O2. The van der Waals surface area contributed by atoms with Crippen molar-refractivity contribution in [3.63, 3.8) is 0 Å². The molecule has 2 heterocycles. The predicted molar refractivity (Wildman–Crippen MR) is 79.3 cm³/mol. The van der Waals surface area contributed by atoms with E-state index in [2.05, 4.69) is 15.0 Å². The van der Waals surface area contributed by atoms with Gasteiger partial charge in [0.15, 0.2) is 5.84 Å². The lowest BCUT2D eigenvalue weighted by Gasteiger charge is -2.37. The summed E-state index contributed by atoms with van der Waals surface area (Å²) >= 11 is 0. The van der Waals surface area contributed by atoms with E-state index in [0.29, 0.717) is 31.7 Å². The van der Waals surface area contributed by atoms with Crippen LogP contribution in [0.2, 0.25) is 0 Å². The zero-order valence-corrected chi connectivity index (χ0v) is 12.4. The minimum Gasteiger partial charge on any atom is -0.409 e. The molecule has 1 fully saturated rings. The molecule has 1 aliphatic rings. The molecule has 7 nitrogen and oxygen atoms in total. The average Bonchev–Trinajstić information content (AvgIpc) is 2.53. The Morgan fingerprint density at radius 3 is 2.62 bits per heavy atom. The van der Waals surface area contributed by atoms with E-state index < -0.39 is 0 Å². The first-order valence-corrected chi connectivity index (χ1v) is 6.95. The maximum absolute atomic E-state index is 12.4. The lowest BCUT2D eigenvalue weighted by molar-refractivity contribution is 0.0618. The maximum Gasteiger partial charge on any atom is 0.255 e. The van der Waals surface area contributed by atoms with Crippen molar-refractivity contribution in [2.75, 3.05) is 26.2 Å². The number of aryl methyl sites for hydroxylation is 1. The van der Waals surface area contributed by atoms with E-state index in [1.807, 2.05) is 24.8 Å². The first kappa shape index (κ1) is 15.2. The number of carbonyl (C=O) groups excluding carboxylic acids is 1. The number of aromatic nitrogens is 1. The molecule has 1 saturated heterocycles. The van der Waals surface area contributed by atoms with Crippen molar-refractivity contribution in [2.24, 2.45) is 10.9 Å². The number of hydrogen-bond donors (Lipinski definition) is 2. The quantitative estimate of drug-likeness (QED) is 0.361. The van der Waals surface area contributed by atoms with Gasteiger partial charge in [0, 0.05) is 38.6 Å². The molecule has 0 spiro atoms. The summed E-state index contributed by atoms with van der Waals surface area (Å²) in [6, 6.07) is 1.72. The Morgan fingerprint density at radius 2 is 2.05 bits per heavy atom. The largest absolute Gasteiger partial charge is 0.409 e. The topological polar surface area (TPSA) is 95.1 Å². The van der Waals surface area contributed by atoms with Crippen LogP contribution in [0.25, 0.3) is 0 Å². The van der Waals surface area contributed by atoms with Crippen LogP contribution >= 0.6 is 0 Å². The van der Waals surface area contributed by atoms with Crippen LogP contribution in [0.1, 0.15) is 22.8 Å². The van der Waals surface area contributed by atoms with Gasteiger partial charge < -0.3 is 15.8 Å². The third kappa shape index (κ3) is 3.49. The molecular weight excluding hydrogens is 270 g/mol. The Labute approximate surface area is 124 Å². The molecule has 0 aromatic carbocycles. The van der Waals surface area contributed by atoms with E-state index >= 15 is 0 Å². The smallest absolute Gasteiger partial charge is 0.255 e. The van der Waals surface area contributed by atoms with Gasteiger partial charge in [-0.2, -0.15) is 0 Å². The van der Waals surface area contributed by atoms with E-state index in [9.17, 15) is 4.79 Å². The van der Waals surface area contributed by atoms with Gasteiger partial charge in [0.1, 0.15) is 0 Å². The molecule has 0 bridgehead atoms. The highest BCUT2D eigenvalue weighted by molar-refractivity contribution is 5.94. The molecule has 7 heteroatoms. The van der Waals surface area contributed by atoms with Gasteiger partial charge in [0.05, 0.1) is 11.6 Å². The lowest BCUT2D eigenvalue weighted by atomic mass is 10.1. The summed E-state index contributed by atoms with van der Waals surface area (Å²) < 4.78 is 0. The van der Waals surface area contributed by atoms with Gasteiger partial charge in [-0.1, -0.05) is 5.16 Å². The number of piperazine rings is 1. The van der Waals surface area contributed by atoms with Crippen LogP contribution in [0.3, 0.4) is 0 Å². The highest BCUT2D eigenvalue weighted by Crippen LogP contribution is 2.11. The van der Waals surface area contributed by atoms with Crippen molar-refractivity contribution in [1.29, 1.82) is 0 Å². The second kappa shape index (κ2) is 6.53. The van der Waals surface area contributed by atoms with Gasteiger partial charge in [-0.3, -0.25) is 14.7 Å². The minimum atomic E-state index is -0.132. The number of pyridine rings is 1. The summed E-state index contributed by atoms with van der Waals surface area (Å²) in [5, 5.41) is 11.8. The molecule has 1 atom stereocenters. The zero-order chi connectivity index (χ0) is 15.4. The number of amides is 1. The van der Waals surface area contributed by atoms with Crippen LogP contribution < -0.4 is 5.73 Å². The van der Waals surface area contributed by atoms with Crippen molar-refractivity contribution in [3.8, 4) is 0 Å².